The van der Waals surface area contributed by atoms with Gasteiger partial charge < -0.3 is 10.2 Å². The zero-order valence-corrected chi connectivity index (χ0v) is 11.3. The van der Waals surface area contributed by atoms with Gasteiger partial charge in [0.15, 0.2) is 0 Å². The van der Waals surface area contributed by atoms with Gasteiger partial charge in [0.25, 0.3) is 0 Å². The van der Waals surface area contributed by atoms with Crippen molar-refractivity contribution in [3.05, 3.63) is 29.8 Å². The average Bonchev–Trinajstić information content (AvgIpc) is 2.95. The van der Waals surface area contributed by atoms with Gasteiger partial charge in [-0.2, -0.15) is 0 Å². The van der Waals surface area contributed by atoms with Crippen LogP contribution >= 0.6 is 0 Å². The highest BCUT2D eigenvalue weighted by Gasteiger charge is 2.43. The van der Waals surface area contributed by atoms with Crippen molar-refractivity contribution in [1.82, 2.24) is 4.90 Å². The second kappa shape index (κ2) is 4.31. The Morgan fingerprint density at radius 1 is 1.39 bits per heavy atom. The van der Waals surface area contributed by atoms with Crippen molar-refractivity contribution >= 4 is 13.5 Å². The van der Waals surface area contributed by atoms with Gasteiger partial charge in [0.05, 0.1) is 7.85 Å². The number of fused-ring (bicyclic) bond motifs is 1. The van der Waals surface area contributed by atoms with E-state index in [9.17, 15) is 0 Å². The van der Waals surface area contributed by atoms with Crippen LogP contribution in [0.5, 0.6) is 0 Å². The average molecular weight is 240 g/mol. The van der Waals surface area contributed by atoms with E-state index in [1.807, 2.05) is 0 Å². The third kappa shape index (κ3) is 1.76. The minimum atomic E-state index is -0.162. The molecule has 3 atom stereocenters. The molecule has 3 heteroatoms. The molecule has 0 amide bonds. The maximum atomic E-state index is 6.75. The molecule has 1 fully saturated rings. The predicted octanol–water partition coefficient (Wildman–Crippen LogP) is 2.64. The Kier molecular flexibility index (Phi) is 2.89. The van der Waals surface area contributed by atoms with E-state index in [0.29, 0.717) is 12.0 Å². The van der Waals surface area contributed by atoms with E-state index in [-0.39, 0.29) is 5.31 Å². The lowest BCUT2D eigenvalue weighted by molar-refractivity contribution is 0.231. The van der Waals surface area contributed by atoms with Crippen LogP contribution in [-0.2, 0) is 0 Å². The molecule has 2 radical (unpaired) electrons. The Hall–Kier alpha value is -0.955. The molecule has 1 N–H and O–H groups in total. The number of likely N-dealkylation sites (tertiary alicyclic amines) is 1. The summed E-state index contributed by atoms with van der Waals surface area (Å²) in [5.74, 6) is 0.416. The molecule has 18 heavy (non-hydrogen) atoms. The van der Waals surface area contributed by atoms with Gasteiger partial charge in [-0.15, -0.1) is 0 Å². The topological polar surface area (TPSA) is 15.3 Å². The predicted molar refractivity (Wildman–Crippen MR) is 77.4 cm³/mol. The highest BCUT2D eigenvalue weighted by atomic mass is 15.2. The Labute approximate surface area is 111 Å². The van der Waals surface area contributed by atoms with Gasteiger partial charge in [-0.05, 0) is 43.4 Å². The molecule has 0 aromatic heterocycles. The molecule has 1 saturated heterocycles. The minimum absolute atomic E-state index is 0.162. The summed E-state index contributed by atoms with van der Waals surface area (Å²) in [7, 11) is 8.96. The molecule has 1 aromatic carbocycles. The summed E-state index contributed by atoms with van der Waals surface area (Å²) in [6.07, 6.45) is 2.50. The molecule has 0 saturated carbocycles. The molecule has 3 unspecified atom stereocenters. The lowest BCUT2D eigenvalue weighted by Crippen LogP contribution is -2.40. The first kappa shape index (κ1) is 12.1. The van der Waals surface area contributed by atoms with Gasteiger partial charge in [-0.1, -0.05) is 25.1 Å². The van der Waals surface area contributed by atoms with Crippen molar-refractivity contribution in [1.29, 1.82) is 0 Å². The maximum absolute atomic E-state index is 6.75. The van der Waals surface area contributed by atoms with Crippen LogP contribution in [0.2, 0.25) is 5.31 Å². The Bertz CT molecular complexity index is 444. The van der Waals surface area contributed by atoms with Crippen LogP contribution in [0.4, 0.5) is 5.69 Å². The third-order valence-corrected chi connectivity index (χ3v) is 4.82. The fourth-order valence-electron chi connectivity index (χ4n) is 3.77. The van der Waals surface area contributed by atoms with Crippen LogP contribution in [-0.4, -0.2) is 38.9 Å². The summed E-state index contributed by atoms with van der Waals surface area (Å²) < 4.78 is 0. The zero-order valence-electron chi connectivity index (χ0n) is 11.3. The fraction of sp³-hybridized carbons (Fsp3) is 0.600. The van der Waals surface area contributed by atoms with Crippen molar-refractivity contribution in [3.63, 3.8) is 0 Å². The molecule has 0 spiro atoms. The van der Waals surface area contributed by atoms with Crippen LogP contribution in [0, 0.1) is 0 Å². The maximum Gasteiger partial charge on any atom is 0.0773 e. The second-order valence-electron chi connectivity index (χ2n) is 6.03. The molecular formula is C15H21BN2. The van der Waals surface area contributed by atoms with Crippen molar-refractivity contribution in [2.75, 3.05) is 25.5 Å². The molecule has 2 nitrogen and oxygen atoms in total. The molecule has 0 aliphatic carbocycles. The highest BCUT2D eigenvalue weighted by Crippen LogP contribution is 2.51. The molecule has 94 valence electrons. The number of para-hydroxylation sites is 1. The number of hydrogen-bond acceptors (Lipinski definition) is 2. The normalized spacial score (nSPS) is 30.8. The molecule has 2 aliphatic heterocycles. The van der Waals surface area contributed by atoms with Crippen molar-refractivity contribution < 1.29 is 0 Å². The number of benzene rings is 1. The molecule has 3 rings (SSSR count). The first-order valence-electron chi connectivity index (χ1n) is 6.92. The largest absolute Gasteiger partial charge is 0.384 e. The van der Waals surface area contributed by atoms with Crippen molar-refractivity contribution in [2.24, 2.45) is 0 Å². The van der Waals surface area contributed by atoms with Gasteiger partial charge in [0.2, 0.25) is 0 Å². The van der Waals surface area contributed by atoms with E-state index in [1.165, 1.54) is 30.6 Å². The van der Waals surface area contributed by atoms with Crippen molar-refractivity contribution in [2.45, 2.75) is 37.0 Å². The van der Waals surface area contributed by atoms with Gasteiger partial charge in [0, 0.05) is 24.2 Å². The number of anilines is 1. The van der Waals surface area contributed by atoms with Gasteiger partial charge >= 0.3 is 0 Å². The van der Waals surface area contributed by atoms with Crippen LogP contribution in [0.1, 0.15) is 31.2 Å². The summed E-state index contributed by atoms with van der Waals surface area (Å²) in [4.78, 5) is 2.43. The number of nitrogens with one attached hydrogen (secondary N) is 1. The first-order chi connectivity index (χ1) is 8.60. The van der Waals surface area contributed by atoms with E-state index in [0.717, 1.165) is 6.54 Å². The summed E-state index contributed by atoms with van der Waals surface area (Å²) >= 11 is 0. The van der Waals surface area contributed by atoms with Crippen LogP contribution in [0.15, 0.2) is 24.3 Å². The quantitative estimate of drug-likeness (QED) is 0.799. The van der Waals surface area contributed by atoms with Crippen LogP contribution in [0.25, 0.3) is 0 Å². The van der Waals surface area contributed by atoms with E-state index < -0.39 is 0 Å². The second-order valence-corrected chi connectivity index (χ2v) is 6.03. The molecular weight excluding hydrogens is 219 g/mol. The molecule has 0 bridgehead atoms. The smallest absolute Gasteiger partial charge is 0.0773 e. The molecule has 2 aliphatic rings. The molecule has 1 aromatic rings. The molecule has 2 heterocycles. The van der Waals surface area contributed by atoms with E-state index in [1.54, 1.807) is 0 Å². The van der Waals surface area contributed by atoms with Gasteiger partial charge in [-0.25, -0.2) is 0 Å². The minimum Gasteiger partial charge on any atom is -0.384 e. The highest BCUT2D eigenvalue weighted by molar-refractivity contribution is 6.16. The summed E-state index contributed by atoms with van der Waals surface area (Å²) in [5, 5.41) is 3.33. The van der Waals surface area contributed by atoms with Gasteiger partial charge in [-0.3, -0.25) is 0 Å². The van der Waals surface area contributed by atoms with Crippen LogP contribution in [0.3, 0.4) is 0 Å². The Morgan fingerprint density at radius 3 is 2.89 bits per heavy atom. The SMILES string of the molecule is [B]C(C)(C1CNc2ccccc21)C1CCCN1C. The van der Waals surface area contributed by atoms with Gasteiger partial charge in [0.1, 0.15) is 0 Å². The number of nitrogens with zero attached hydrogens (tertiary/aromatic N) is 1. The standard InChI is InChI=1S/C15H21BN2/c1-15(16,14-8-5-9-18(14)2)12-10-17-13-7-4-3-6-11(12)13/h3-4,6-7,12,14,17H,5,8-10H2,1-2H3. The lowest BCUT2D eigenvalue weighted by atomic mass is 9.56. The van der Waals surface area contributed by atoms with Crippen LogP contribution < -0.4 is 5.32 Å². The van der Waals surface area contributed by atoms with E-state index in [2.05, 4.69) is 48.5 Å². The lowest BCUT2D eigenvalue weighted by Gasteiger charge is -2.41. The monoisotopic (exact) mass is 240 g/mol. The summed E-state index contributed by atoms with van der Waals surface area (Å²) in [6.45, 7) is 4.38. The summed E-state index contributed by atoms with van der Waals surface area (Å²) in [5.41, 5.74) is 2.66. The Morgan fingerprint density at radius 2 is 2.17 bits per heavy atom. The number of rotatable bonds is 2. The first-order valence-corrected chi connectivity index (χ1v) is 6.92. The van der Waals surface area contributed by atoms with Crippen molar-refractivity contribution in [3.8, 4) is 0 Å². The number of hydrogen-bond donors (Lipinski definition) is 1. The third-order valence-electron chi connectivity index (χ3n) is 4.82. The zero-order chi connectivity index (χ0) is 12.8. The fourth-order valence-corrected chi connectivity index (χ4v) is 3.77. The summed E-state index contributed by atoms with van der Waals surface area (Å²) in [6, 6.07) is 9.08. The van der Waals surface area contributed by atoms with E-state index in [4.69, 9.17) is 7.85 Å². The van der Waals surface area contributed by atoms with E-state index >= 15 is 0 Å². The Balaban J connectivity index is 1.91.